The fraction of sp³-hybridized carbons (Fsp3) is 0.462. The predicted octanol–water partition coefficient (Wildman–Crippen LogP) is 1.86. The van der Waals surface area contributed by atoms with E-state index in [0.717, 1.165) is 4.90 Å². The topological polar surface area (TPSA) is 86.7 Å². The summed E-state index contributed by atoms with van der Waals surface area (Å²) in [5.74, 6) is -1.58. The third-order valence-corrected chi connectivity index (χ3v) is 5.66. The third kappa shape index (κ3) is 4.12. The van der Waals surface area contributed by atoms with E-state index in [0.29, 0.717) is 25.1 Å². The molecule has 1 aliphatic heterocycles. The molecule has 1 aromatic rings. The Morgan fingerprint density at radius 2 is 2.05 bits per heavy atom. The molecule has 0 aromatic heterocycles. The standard InChI is InChI=1S/C13H18N2O4S2/c1-20-12-6-4-11(5-7-12)14-21(18,19)15-8-2-3-10(9-15)13(16)17/h4-7,10,14H,2-3,8-9H2,1H3,(H,16,17). The maximum Gasteiger partial charge on any atom is 0.307 e. The highest BCUT2D eigenvalue weighted by Gasteiger charge is 2.32. The summed E-state index contributed by atoms with van der Waals surface area (Å²) in [6, 6.07) is 7.06. The molecule has 1 heterocycles. The molecule has 8 heteroatoms. The Labute approximate surface area is 128 Å². The van der Waals surface area contributed by atoms with Gasteiger partial charge in [-0.3, -0.25) is 9.52 Å². The summed E-state index contributed by atoms with van der Waals surface area (Å²) in [4.78, 5) is 12.1. The molecule has 0 amide bonds. The van der Waals surface area contributed by atoms with Crippen LogP contribution in [0.5, 0.6) is 0 Å². The van der Waals surface area contributed by atoms with Crippen LogP contribution in [0, 0.1) is 5.92 Å². The molecule has 1 atom stereocenters. The number of anilines is 1. The second-order valence-corrected chi connectivity index (χ2v) is 7.42. The molecule has 0 bridgehead atoms. The lowest BCUT2D eigenvalue weighted by Gasteiger charge is -2.29. The first kappa shape index (κ1) is 16.1. The molecule has 1 fully saturated rings. The van der Waals surface area contributed by atoms with Crippen LogP contribution in [0.4, 0.5) is 5.69 Å². The average Bonchev–Trinajstić information content (AvgIpc) is 2.48. The lowest BCUT2D eigenvalue weighted by atomic mass is 10.0. The number of hydrogen-bond acceptors (Lipinski definition) is 4. The second-order valence-electron chi connectivity index (χ2n) is 4.87. The van der Waals surface area contributed by atoms with Crippen LogP contribution < -0.4 is 4.72 Å². The van der Waals surface area contributed by atoms with Gasteiger partial charge in [0.1, 0.15) is 0 Å². The van der Waals surface area contributed by atoms with Crippen LogP contribution in [0.15, 0.2) is 29.2 Å². The summed E-state index contributed by atoms with van der Waals surface area (Å²) in [6.07, 6.45) is 3.02. The fourth-order valence-electron chi connectivity index (χ4n) is 2.23. The molecule has 2 rings (SSSR count). The summed E-state index contributed by atoms with van der Waals surface area (Å²) >= 11 is 1.57. The van der Waals surface area contributed by atoms with Crippen molar-refractivity contribution in [2.75, 3.05) is 24.1 Å². The van der Waals surface area contributed by atoms with Crippen molar-refractivity contribution in [3.8, 4) is 0 Å². The van der Waals surface area contributed by atoms with E-state index in [2.05, 4.69) is 4.72 Å². The smallest absolute Gasteiger partial charge is 0.307 e. The highest BCUT2D eigenvalue weighted by atomic mass is 32.2. The van der Waals surface area contributed by atoms with Gasteiger partial charge in [-0.1, -0.05) is 0 Å². The van der Waals surface area contributed by atoms with Crippen LogP contribution in [0.2, 0.25) is 0 Å². The van der Waals surface area contributed by atoms with Crippen LogP contribution in [-0.2, 0) is 15.0 Å². The van der Waals surface area contributed by atoms with Crippen molar-refractivity contribution in [3.05, 3.63) is 24.3 Å². The van der Waals surface area contributed by atoms with Crippen LogP contribution in [0.25, 0.3) is 0 Å². The van der Waals surface area contributed by atoms with Crippen molar-refractivity contribution < 1.29 is 18.3 Å². The van der Waals surface area contributed by atoms with Crippen molar-refractivity contribution in [2.24, 2.45) is 5.92 Å². The lowest BCUT2D eigenvalue weighted by Crippen LogP contribution is -2.44. The third-order valence-electron chi connectivity index (χ3n) is 3.41. The molecular formula is C13H18N2O4S2. The van der Waals surface area contributed by atoms with Crippen molar-refractivity contribution in [1.29, 1.82) is 0 Å². The first-order valence-corrected chi connectivity index (χ1v) is 9.23. The lowest BCUT2D eigenvalue weighted by molar-refractivity contribution is -0.142. The van der Waals surface area contributed by atoms with Gasteiger partial charge in [-0.25, -0.2) is 0 Å². The number of rotatable bonds is 5. The van der Waals surface area contributed by atoms with Gasteiger partial charge >= 0.3 is 16.2 Å². The highest BCUT2D eigenvalue weighted by molar-refractivity contribution is 7.98. The van der Waals surface area contributed by atoms with Gasteiger partial charge < -0.3 is 5.11 Å². The minimum absolute atomic E-state index is 0.0214. The number of nitrogens with zero attached hydrogens (tertiary/aromatic N) is 1. The van der Waals surface area contributed by atoms with Crippen molar-refractivity contribution in [2.45, 2.75) is 17.7 Å². The quantitative estimate of drug-likeness (QED) is 0.805. The Balaban J connectivity index is 2.08. The molecule has 1 aliphatic rings. The van der Waals surface area contributed by atoms with Gasteiger partial charge in [0.2, 0.25) is 0 Å². The number of carbonyl (C=O) groups is 1. The minimum atomic E-state index is -3.71. The van der Waals surface area contributed by atoms with Gasteiger partial charge in [-0.05, 0) is 43.4 Å². The van der Waals surface area contributed by atoms with E-state index in [1.54, 1.807) is 23.9 Å². The first-order valence-electron chi connectivity index (χ1n) is 6.57. The molecule has 1 aromatic carbocycles. The molecule has 1 unspecified atom stereocenters. The SMILES string of the molecule is CSc1ccc(NS(=O)(=O)N2CCCC(C(=O)O)C2)cc1. The zero-order valence-electron chi connectivity index (χ0n) is 11.7. The molecule has 116 valence electrons. The van der Waals surface area contributed by atoms with Gasteiger partial charge in [0.15, 0.2) is 0 Å². The van der Waals surface area contributed by atoms with Crippen LogP contribution in [0.1, 0.15) is 12.8 Å². The molecule has 1 saturated heterocycles. The highest BCUT2D eigenvalue weighted by Crippen LogP contribution is 2.22. The van der Waals surface area contributed by atoms with E-state index in [9.17, 15) is 13.2 Å². The van der Waals surface area contributed by atoms with Gasteiger partial charge in [-0.15, -0.1) is 11.8 Å². The van der Waals surface area contributed by atoms with Crippen LogP contribution >= 0.6 is 11.8 Å². The summed E-state index contributed by atoms with van der Waals surface area (Å²) in [7, 11) is -3.71. The molecular weight excluding hydrogens is 312 g/mol. The van der Waals surface area contributed by atoms with E-state index in [1.807, 2.05) is 18.4 Å². The minimum Gasteiger partial charge on any atom is -0.481 e. The Bertz CT molecular complexity index is 601. The maximum atomic E-state index is 12.3. The Kier molecular flexibility index (Phi) is 5.13. The number of thioether (sulfide) groups is 1. The van der Waals surface area contributed by atoms with Crippen LogP contribution in [0.3, 0.4) is 0 Å². The molecule has 0 spiro atoms. The Morgan fingerprint density at radius 1 is 1.38 bits per heavy atom. The average molecular weight is 330 g/mol. The summed E-state index contributed by atoms with van der Waals surface area (Å²) in [6.45, 7) is 0.371. The monoisotopic (exact) mass is 330 g/mol. The fourth-order valence-corrected chi connectivity index (χ4v) is 3.95. The van der Waals surface area contributed by atoms with E-state index >= 15 is 0 Å². The second kappa shape index (κ2) is 6.67. The Morgan fingerprint density at radius 3 is 2.62 bits per heavy atom. The molecule has 0 saturated carbocycles. The number of carboxylic acid groups (broad SMARTS) is 1. The van der Waals surface area contributed by atoms with Gasteiger partial charge in [0.05, 0.1) is 5.92 Å². The normalized spacial score (nSPS) is 20.1. The van der Waals surface area contributed by atoms with E-state index in [-0.39, 0.29) is 6.54 Å². The summed E-state index contributed by atoms with van der Waals surface area (Å²) in [5.41, 5.74) is 0.477. The number of hydrogen-bond donors (Lipinski definition) is 2. The van der Waals surface area contributed by atoms with Gasteiger partial charge in [0.25, 0.3) is 0 Å². The van der Waals surface area contributed by atoms with E-state index in [1.165, 1.54) is 4.31 Å². The molecule has 0 aliphatic carbocycles. The van der Waals surface area contributed by atoms with Gasteiger partial charge in [-0.2, -0.15) is 12.7 Å². The zero-order chi connectivity index (χ0) is 15.5. The summed E-state index contributed by atoms with van der Waals surface area (Å²) in [5, 5.41) is 9.02. The number of aliphatic carboxylic acids is 1. The van der Waals surface area contributed by atoms with Crippen LogP contribution in [-0.4, -0.2) is 43.1 Å². The van der Waals surface area contributed by atoms with Crippen molar-refractivity contribution in [3.63, 3.8) is 0 Å². The number of benzene rings is 1. The number of nitrogens with one attached hydrogen (secondary N) is 1. The van der Waals surface area contributed by atoms with E-state index in [4.69, 9.17) is 5.11 Å². The Hall–Kier alpha value is -1.25. The number of carboxylic acids is 1. The maximum absolute atomic E-state index is 12.3. The first-order chi connectivity index (χ1) is 9.92. The molecule has 0 radical (unpaired) electrons. The zero-order valence-corrected chi connectivity index (χ0v) is 13.3. The molecule has 6 nitrogen and oxygen atoms in total. The van der Waals surface area contributed by atoms with Crippen molar-refractivity contribution in [1.82, 2.24) is 4.31 Å². The van der Waals surface area contributed by atoms with Gasteiger partial charge in [0, 0.05) is 23.7 Å². The summed E-state index contributed by atoms with van der Waals surface area (Å²) < 4.78 is 28.3. The number of piperidine rings is 1. The predicted molar refractivity (Wildman–Crippen MR) is 82.7 cm³/mol. The molecule has 2 N–H and O–H groups in total. The largest absolute Gasteiger partial charge is 0.481 e. The van der Waals surface area contributed by atoms with E-state index < -0.39 is 22.1 Å². The molecule has 21 heavy (non-hydrogen) atoms. The van der Waals surface area contributed by atoms with Crippen molar-refractivity contribution >= 4 is 33.6 Å².